The Kier molecular flexibility index (Phi) is 5.77. The maximum atomic E-state index is 10.8. The van der Waals surface area contributed by atoms with Crippen LogP contribution in [0.5, 0.6) is 0 Å². The molecule has 1 N–H and O–H groups in total. The molecule has 2 rings (SSSR count). The molecule has 0 aliphatic carbocycles. The molecule has 0 radical (unpaired) electrons. The van der Waals surface area contributed by atoms with E-state index in [4.69, 9.17) is 0 Å². The number of aliphatic hydroxyl groups excluding tert-OH is 1. The average molecular weight is 280 g/mol. The van der Waals surface area contributed by atoms with Crippen LogP contribution in [0.25, 0.3) is 0 Å². The van der Waals surface area contributed by atoms with Gasteiger partial charge in [-0.1, -0.05) is 86.2 Å². The fraction of sp³-hybridized carbons (Fsp3) is 0.300. The minimum Gasteiger partial charge on any atom is -0.387 e. The minimum atomic E-state index is -0.512. The summed E-state index contributed by atoms with van der Waals surface area (Å²) in [5.74, 6) is 0.00324. The first kappa shape index (κ1) is 15.5. The number of rotatable bonds is 6. The van der Waals surface area contributed by atoms with E-state index in [2.05, 4.69) is 32.1 Å². The van der Waals surface area contributed by atoms with E-state index in [1.165, 1.54) is 5.57 Å². The van der Waals surface area contributed by atoms with Crippen molar-refractivity contribution in [3.63, 3.8) is 0 Å². The SMILES string of the molecule is CCC(=CC(c1ccccc1)C(O)c1ccccc1)CC. The van der Waals surface area contributed by atoms with Crippen molar-refractivity contribution in [3.8, 4) is 0 Å². The van der Waals surface area contributed by atoms with E-state index in [-0.39, 0.29) is 5.92 Å². The Balaban J connectivity index is 2.39. The second-order valence-corrected chi connectivity index (χ2v) is 5.32. The Morgan fingerprint density at radius 1 is 0.857 bits per heavy atom. The van der Waals surface area contributed by atoms with Crippen LogP contribution in [0, 0.1) is 0 Å². The Hall–Kier alpha value is -1.86. The molecule has 1 heteroatoms. The summed E-state index contributed by atoms with van der Waals surface area (Å²) in [6.45, 7) is 4.35. The summed E-state index contributed by atoms with van der Waals surface area (Å²) in [5.41, 5.74) is 3.52. The van der Waals surface area contributed by atoms with Gasteiger partial charge in [-0.15, -0.1) is 0 Å². The average Bonchev–Trinajstić information content (AvgIpc) is 2.57. The Morgan fingerprint density at radius 3 is 1.81 bits per heavy atom. The molecule has 110 valence electrons. The van der Waals surface area contributed by atoms with Crippen LogP contribution in [0.15, 0.2) is 72.3 Å². The summed E-state index contributed by atoms with van der Waals surface area (Å²) in [4.78, 5) is 0. The molecule has 0 aliphatic heterocycles. The molecule has 0 saturated heterocycles. The molecule has 2 unspecified atom stereocenters. The van der Waals surface area contributed by atoms with Crippen LogP contribution >= 0.6 is 0 Å². The lowest BCUT2D eigenvalue weighted by molar-refractivity contribution is 0.161. The highest BCUT2D eigenvalue weighted by molar-refractivity contribution is 5.31. The van der Waals surface area contributed by atoms with Gasteiger partial charge in [-0.25, -0.2) is 0 Å². The third-order valence-corrected chi connectivity index (χ3v) is 3.99. The molecule has 0 spiro atoms. The molecular formula is C20H24O. The van der Waals surface area contributed by atoms with Crippen LogP contribution in [0.3, 0.4) is 0 Å². The van der Waals surface area contributed by atoms with Crippen LogP contribution in [-0.4, -0.2) is 5.11 Å². The Labute approximate surface area is 128 Å². The van der Waals surface area contributed by atoms with Gasteiger partial charge in [0.1, 0.15) is 0 Å². The zero-order chi connectivity index (χ0) is 15.1. The predicted molar refractivity (Wildman–Crippen MR) is 89.2 cm³/mol. The number of aliphatic hydroxyl groups is 1. The normalized spacial score (nSPS) is 13.5. The van der Waals surface area contributed by atoms with Crippen molar-refractivity contribution in [3.05, 3.63) is 83.4 Å². The van der Waals surface area contributed by atoms with Gasteiger partial charge in [0.05, 0.1) is 6.10 Å². The molecular weight excluding hydrogens is 256 g/mol. The smallest absolute Gasteiger partial charge is 0.0893 e. The van der Waals surface area contributed by atoms with Crippen LogP contribution in [0.1, 0.15) is 49.8 Å². The van der Waals surface area contributed by atoms with Gasteiger partial charge in [-0.2, -0.15) is 0 Å². The van der Waals surface area contributed by atoms with Gasteiger partial charge in [0.2, 0.25) is 0 Å². The van der Waals surface area contributed by atoms with Crippen LogP contribution in [0.4, 0.5) is 0 Å². The van der Waals surface area contributed by atoms with Crippen LogP contribution in [0.2, 0.25) is 0 Å². The zero-order valence-electron chi connectivity index (χ0n) is 12.9. The highest BCUT2D eigenvalue weighted by atomic mass is 16.3. The molecule has 0 aromatic heterocycles. The third-order valence-electron chi connectivity index (χ3n) is 3.99. The summed E-state index contributed by atoms with van der Waals surface area (Å²) in [6, 6.07) is 20.2. The van der Waals surface area contributed by atoms with Crippen molar-refractivity contribution in [1.29, 1.82) is 0 Å². The van der Waals surface area contributed by atoms with E-state index in [1.807, 2.05) is 48.5 Å². The molecule has 0 saturated carbocycles. The van der Waals surface area contributed by atoms with Crippen molar-refractivity contribution in [1.82, 2.24) is 0 Å². The lowest BCUT2D eigenvalue weighted by Crippen LogP contribution is -2.09. The minimum absolute atomic E-state index is 0.00324. The van der Waals surface area contributed by atoms with Gasteiger partial charge in [0.15, 0.2) is 0 Å². The van der Waals surface area contributed by atoms with Gasteiger partial charge < -0.3 is 5.11 Å². The first-order chi connectivity index (χ1) is 10.3. The predicted octanol–water partition coefficient (Wildman–Crippen LogP) is 5.25. The summed E-state index contributed by atoms with van der Waals surface area (Å²) in [7, 11) is 0. The topological polar surface area (TPSA) is 20.2 Å². The summed E-state index contributed by atoms with van der Waals surface area (Å²) in [6.07, 6.45) is 3.79. The number of hydrogen-bond acceptors (Lipinski definition) is 1. The van der Waals surface area contributed by atoms with Gasteiger partial charge in [-0.05, 0) is 24.0 Å². The number of benzene rings is 2. The first-order valence-corrected chi connectivity index (χ1v) is 7.73. The third kappa shape index (κ3) is 4.05. The molecule has 1 nitrogen and oxygen atoms in total. The molecule has 21 heavy (non-hydrogen) atoms. The Morgan fingerprint density at radius 2 is 1.33 bits per heavy atom. The molecule has 0 heterocycles. The number of allylic oxidation sites excluding steroid dienone is 1. The van der Waals surface area contributed by atoms with E-state index in [0.717, 1.165) is 24.0 Å². The van der Waals surface area contributed by atoms with Crippen molar-refractivity contribution in [2.24, 2.45) is 0 Å². The van der Waals surface area contributed by atoms with E-state index >= 15 is 0 Å². The highest BCUT2D eigenvalue weighted by Gasteiger charge is 2.20. The largest absolute Gasteiger partial charge is 0.387 e. The van der Waals surface area contributed by atoms with Crippen LogP contribution in [-0.2, 0) is 0 Å². The summed E-state index contributed by atoms with van der Waals surface area (Å²) >= 11 is 0. The lowest BCUT2D eigenvalue weighted by Gasteiger charge is -2.22. The summed E-state index contributed by atoms with van der Waals surface area (Å²) in [5, 5.41) is 10.8. The van der Waals surface area contributed by atoms with E-state index in [0.29, 0.717) is 0 Å². The van der Waals surface area contributed by atoms with Crippen molar-refractivity contribution >= 4 is 0 Å². The second kappa shape index (κ2) is 7.80. The van der Waals surface area contributed by atoms with E-state index < -0.39 is 6.10 Å². The second-order valence-electron chi connectivity index (χ2n) is 5.32. The maximum Gasteiger partial charge on any atom is 0.0893 e. The van der Waals surface area contributed by atoms with Gasteiger partial charge in [-0.3, -0.25) is 0 Å². The molecule has 2 atom stereocenters. The first-order valence-electron chi connectivity index (χ1n) is 7.73. The number of hydrogen-bond donors (Lipinski definition) is 1. The van der Waals surface area contributed by atoms with Gasteiger partial charge in [0, 0.05) is 5.92 Å². The Bertz CT molecular complexity index is 551. The zero-order valence-corrected chi connectivity index (χ0v) is 12.9. The van der Waals surface area contributed by atoms with Crippen LogP contribution < -0.4 is 0 Å². The summed E-state index contributed by atoms with van der Waals surface area (Å²) < 4.78 is 0. The molecule has 0 amide bonds. The maximum absolute atomic E-state index is 10.8. The molecule has 2 aromatic rings. The fourth-order valence-electron chi connectivity index (χ4n) is 2.64. The molecule has 0 bridgehead atoms. The van der Waals surface area contributed by atoms with Crippen molar-refractivity contribution < 1.29 is 5.11 Å². The van der Waals surface area contributed by atoms with Gasteiger partial charge >= 0.3 is 0 Å². The molecule has 2 aromatic carbocycles. The standard InChI is InChI=1S/C20H24O/c1-3-16(4-2)15-19(17-11-7-5-8-12-17)20(21)18-13-9-6-10-14-18/h5-15,19-21H,3-4H2,1-2H3. The quantitative estimate of drug-likeness (QED) is 0.716. The van der Waals surface area contributed by atoms with Gasteiger partial charge in [0.25, 0.3) is 0 Å². The fourth-order valence-corrected chi connectivity index (χ4v) is 2.64. The molecule has 0 aliphatic rings. The molecule has 0 fully saturated rings. The highest BCUT2D eigenvalue weighted by Crippen LogP contribution is 2.33. The van der Waals surface area contributed by atoms with Crippen molar-refractivity contribution in [2.75, 3.05) is 0 Å². The van der Waals surface area contributed by atoms with E-state index in [9.17, 15) is 5.11 Å². The lowest BCUT2D eigenvalue weighted by atomic mass is 9.87. The monoisotopic (exact) mass is 280 g/mol. The van der Waals surface area contributed by atoms with E-state index in [1.54, 1.807) is 0 Å². The van der Waals surface area contributed by atoms with Crippen molar-refractivity contribution in [2.45, 2.75) is 38.7 Å².